The molecule has 0 aromatic heterocycles. The van der Waals surface area contributed by atoms with Crippen molar-refractivity contribution in [2.24, 2.45) is 0 Å². The van der Waals surface area contributed by atoms with Crippen molar-refractivity contribution in [3.05, 3.63) is 0 Å². The monoisotopic (exact) mass is 418 g/mol. The third-order valence-corrected chi connectivity index (χ3v) is 5.54. The molecule has 2 heterocycles. The zero-order valence-electron chi connectivity index (χ0n) is 14.6. The normalized spacial score (nSPS) is 49.8. The van der Waals surface area contributed by atoms with Crippen LogP contribution in [0.4, 0.5) is 0 Å². The second kappa shape index (κ2) is 9.11. The Morgan fingerprint density at radius 2 is 1.56 bits per heavy atom. The summed E-state index contributed by atoms with van der Waals surface area (Å²) >= 11 is 5.98. The van der Waals surface area contributed by atoms with Gasteiger partial charge in [-0.15, -0.1) is 11.6 Å². The maximum Gasteiger partial charge on any atom is 0.212 e. The van der Waals surface area contributed by atoms with E-state index in [-0.39, 0.29) is 6.42 Å². The Morgan fingerprint density at radius 1 is 0.963 bits per heavy atom. The van der Waals surface area contributed by atoms with Gasteiger partial charge in [-0.1, -0.05) is 6.92 Å². The minimum atomic E-state index is -2.36. The van der Waals surface area contributed by atoms with Crippen molar-refractivity contribution in [2.75, 3.05) is 13.2 Å². The van der Waals surface area contributed by atoms with Crippen molar-refractivity contribution in [1.82, 2.24) is 0 Å². The predicted octanol–water partition coefficient (Wildman–Crippen LogP) is -4.01. The van der Waals surface area contributed by atoms with Crippen molar-refractivity contribution in [2.45, 2.75) is 79.6 Å². The first-order valence-electron chi connectivity index (χ1n) is 8.59. The smallest absolute Gasteiger partial charge is 0.212 e. The first-order chi connectivity index (χ1) is 12.6. The third-order valence-electron chi connectivity index (χ3n) is 4.92. The van der Waals surface area contributed by atoms with E-state index in [9.17, 15) is 40.9 Å². The zero-order chi connectivity index (χ0) is 20.5. The minimum Gasteiger partial charge on any atom is -0.394 e. The van der Waals surface area contributed by atoms with E-state index >= 15 is 0 Å². The van der Waals surface area contributed by atoms with Crippen LogP contribution in [0.25, 0.3) is 0 Å². The summed E-state index contributed by atoms with van der Waals surface area (Å²) in [6.07, 6.45) is -14.4. The Kier molecular flexibility index (Phi) is 7.81. The average molecular weight is 419 g/mol. The van der Waals surface area contributed by atoms with Gasteiger partial charge in [0, 0.05) is 0 Å². The Bertz CT molecular complexity index is 481. The first kappa shape index (κ1) is 23.1. The Morgan fingerprint density at radius 3 is 2.07 bits per heavy atom. The Balaban J connectivity index is 2.20. The molecule has 2 aliphatic heterocycles. The fraction of sp³-hybridized carbons (Fsp3) is 1.00. The van der Waals surface area contributed by atoms with Crippen LogP contribution >= 0.6 is 11.6 Å². The summed E-state index contributed by atoms with van der Waals surface area (Å²) in [7, 11) is 0. The maximum atomic E-state index is 10.5. The second-order valence-electron chi connectivity index (χ2n) is 6.70. The van der Waals surface area contributed by atoms with Crippen molar-refractivity contribution < 1.29 is 55.1 Å². The van der Waals surface area contributed by atoms with Gasteiger partial charge in [-0.25, -0.2) is 0 Å². The molecule has 0 aliphatic carbocycles. The van der Waals surface area contributed by atoms with Gasteiger partial charge >= 0.3 is 0 Å². The molecule has 27 heavy (non-hydrogen) atoms. The van der Waals surface area contributed by atoms with E-state index in [1.165, 1.54) is 0 Å². The van der Waals surface area contributed by atoms with Crippen LogP contribution in [0.1, 0.15) is 13.3 Å². The molecule has 11 nitrogen and oxygen atoms in total. The van der Waals surface area contributed by atoms with E-state index in [1.807, 2.05) is 0 Å². The number of rotatable bonds is 6. The highest BCUT2D eigenvalue weighted by Crippen LogP contribution is 2.36. The van der Waals surface area contributed by atoms with Crippen molar-refractivity contribution in [1.29, 1.82) is 0 Å². The molecule has 2 saturated heterocycles. The average Bonchev–Trinajstić information content (AvgIpc) is 2.67. The summed E-state index contributed by atoms with van der Waals surface area (Å²) < 4.78 is 15.9. The van der Waals surface area contributed by atoms with Crippen LogP contribution in [-0.4, -0.2) is 120 Å². The summed E-state index contributed by atoms with van der Waals surface area (Å²) in [4.78, 5) is 0. The molecule has 2 aliphatic rings. The van der Waals surface area contributed by atoms with Gasteiger partial charge < -0.3 is 55.1 Å². The largest absolute Gasteiger partial charge is 0.394 e. The minimum absolute atomic E-state index is 0.179. The number of aliphatic hydroxyl groups excluding tert-OH is 7. The first-order valence-corrected chi connectivity index (χ1v) is 9.03. The van der Waals surface area contributed by atoms with Gasteiger partial charge in [0.2, 0.25) is 5.79 Å². The maximum absolute atomic E-state index is 10.5. The van der Waals surface area contributed by atoms with Crippen LogP contribution in [0.3, 0.4) is 0 Å². The number of hydrogen-bond donors (Lipinski definition) is 8. The molecule has 8 N–H and O–H groups in total. The highest BCUT2D eigenvalue weighted by molar-refractivity contribution is 6.21. The molecule has 0 aromatic rings. The lowest BCUT2D eigenvalue weighted by Crippen LogP contribution is -2.70. The number of halogens is 1. The lowest BCUT2D eigenvalue weighted by molar-refractivity contribution is -0.383. The van der Waals surface area contributed by atoms with Gasteiger partial charge in [0.15, 0.2) is 6.29 Å². The lowest BCUT2D eigenvalue weighted by Gasteiger charge is -2.50. The van der Waals surface area contributed by atoms with Crippen molar-refractivity contribution in [3.63, 3.8) is 0 Å². The van der Waals surface area contributed by atoms with Crippen LogP contribution in [0.2, 0.25) is 0 Å². The number of alkyl halides is 1. The van der Waals surface area contributed by atoms with Gasteiger partial charge in [0.25, 0.3) is 0 Å². The van der Waals surface area contributed by atoms with Crippen LogP contribution in [-0.2, 0) is 14.2 Å². The second-order valence-corrected chi connectivity index (χ2v) is 7.23. The topological polar surface area (TPSA) is 190 Å². The van der Waals surface area contributed by atoms with Gasteiger partial charge in [-0.3, -0.25) is 0 Å². The Hall–Kier alpha value is -0.150. The van der Waals surface area contributed by atoms with Gasteiger partial charge in [0.05, 0.1) is 18.6 Å². The van der Waals surface area contributed by atoms with Crippen LogP contribution in [0.5, 0.6) is 0 Å². The van der Waals surface area contributed by atoms with Crippen LogP contribution < -0.4 is 0 Å². The molecule has 11 atom stereocenters. The Labute approximate surface area is 160 Å². The molecule has 0 saturated carbocycles. The highest BCUT2D eigenvalue weighted by atomic mass is 35.5. The molecular weight excluding hydrogens is 392 g/mol. The van der Waals surface area contributed by atoms with E-state index in [0.717, 1.165) is 0 Å². The molecule has 0 bridgehead atoms. The molecule has 0 radical (unpaired) electrons. The zero-order valence-corrected chi connectivity index (χ0v) is 15.3. The standard InChI is InChI=1S/C15H27ClO11/c1-2-7(16)15(24)13(23)11(22)12(6(4-18)27-15)26-14-10(21)9(20)8(19)5(3-17)25-14/h5-14,17-24H,2-4H2,1H3/t5-,6-,7?,8+,9+,10-,11+,12-,13-,14+,15-/m1/s1. The summed E-state index contributed by atoms with van der Waals surface area (Å²) in [5.74, 6) is -2.36. The van der Waals surface area contributed by atoms with Crippen LogP contribution in [0.15, 0.2) is 0 Å². The van der Waals surface area contributed by atoms with Gasteiger partial charge in [0.1, 0.15) is 48.8 Å². The number of aliphatic hydroxyl groups is 8. The van der Waals surface area contributed by atoms with E-state index in [0.29, 0.717) is 0 Å². The van der Waals surface area contributed by atoms with Crippen molar-refractivity contribution >= 4 is 11.6 Å². The molecule has 0 spiro atoms. The summed E-state index contributed by atoms with van der Waals surface area (Å²) in [6.45, 7) is 0.175. The fourth-order valence-electron chi connectivity index (χ4n) is 3.22. The van der Waals surface area contributed by atoms with E-state index < -0.39 is 79.5 Å². The van der Waals surface area contributed by atoms with Crippen molar-refractivity contribution in [3.8, 4) is 0 Å². The molecule has 1 unspecified atom stereocenters. The lowest BCUT2D eigenvalue weighted by atomic mass is 9.89. The summed E-state index contributed by atoms with van der Waals surface area (Å²) in [5.41, 5.74) is 0. The predicted molar refractivity (Wildman–Crippen MR) is 87.5 cm³/mol. The quantitative estimate of drug-likeness (QED) is 0.196. The number of hydrogen-bond acceptors (Lipinski definition) is 11. The van der Waals surface area contributed by atoms with E-state index in [4.69, 9.17) is 25.8 Å². The van der Waals surface area contributed by atoms with E-state index in [2.05, 4.69) is 0 Å². The highest BCUT2D eigenvalue weighted by Gasteiger charge is 2.58. The molecule has 2 fully saturated rings. The van der Waals surface area contributed by atoms with Gasteiger partial charge in [-0.2, -0.15) is 0 Å². The molecule has 0 aromatic carbocycles. The molecular formula is C15H27ClO11. The molecule has 0 amide bonds. The number of ether oxygens (including phenoxy) is 3. The van der Waals surface area contributed by atoms with E-state index in [1.54, 1.807) is 6.92 Å². The fourth-order valence-corrected chi connectivity index (χ4v) is 3.40. The molecule has 12 heteroatoms. The molecule has 160 valence electrons. The summed E-state index contributed by atoms with van der Waals surface area (Å²) in [6, 6.07) is 0. The molecule has 2 rings (SSSR count). The SMILES string of the molecule is CCC(Cl)[C@@]1(O)O[C@H](CO)[C@@H](O[C@@H]2O[C@H](CO)[C@H](O)[C@H](O)[C@H]2O)[C@H](O)[C@H]1O. The summed E-state index contributed by atoms with van der Waals surface area (Å²) in [5, 5.41) is 78.4. The third kappa shape index (κ3) is 4.25. The van der Waals surface area contributed by atoms with Crippen LogP contribution in [0, 0.1) is 0 Å². The van der Waals surface area contributed by atoms with Gasteiger partial charge in [-0.05, 0) is 6.42 Å².